The predicted molar refractivity (Wildman–Crippen MR) is 158 cm³/mol. The number of hydrogen-bond acceptors (Lipinski definition) is 6. The number of rotatable bonds is 9. The molecule has 0 spiro atoms. The van der Waals surface area contributed by atoms with Crippen LogP contribution >= 0.6 is 0 Å². The van der Waals surface area contributed by atoms with Crippen LogP contribution in [0.3, 0.4) is 0 Å². The standard InChI is InChI=1S/C31H37N3O7S/c1-40-24-10-7-22(8-11-24)28-27(21-5-3-2-4-6-21)25-12-9-23(19-26(25)34(28)20-31(13-14-31)30(36)37)29(35)32-42(38,39)33-15-17-41-18-16-33/h7-12,19,21H,2-6,13-18,20H2,1H3,(H,32,35)(H,36,37). The van der Waals surface area contributed by atoms with Crippen molar-refractivity contribution in [2.24, 2.45) is 5.41 Å². The zero-order chi connectivity index (χ0) is 29.5. The van der Waals surface area contributed by atoms with Gasteiger partial charge in [0.2, 0.25) is 0 Å². The molecule has 2 aromatic carbocycles. The summed E-state index contributed by atoms with van der Waals surface area (Å²) >= 11 is 0. The first-order valence-corrected chi connectivity index (χ1v) is 16.1. The van der Waals surface area contributed by atoms with E-state index in [9.17, 15) is 23.1 Å². The number of carbonyl (C=O) groups is 2. The average Bonchev–Trinajstić information content (AvgIpc) is 3.74. The number of aromatic nitrogens is 1. The highest BCUT2D eigenvalue weighted by Crippen LogP contribution is 2.51. The molecule has 10 nitrogen and oxygen atoms in total. The molecular formula is C31H37N3O7S. The van der Waals surface area contributed by atoms with Gasteiger partial charge in [0.25, 0.3) is 5.91 Å². The lowest BCUT2D eigenvalue weighted by Crippen LogP contribution is -2.48. The summed E-state index contributed by atoms with van der Waals surface area (Å²) in [6.07, 6.45) is 6.67. The number of fused-ring (bicyclic) bond motifs is 1. The minimum Gasteiger partial charge on any atom is -0.497 e. The van der Waals surface area contributed by atoms with Crippen LogP contribution in [0, 0.1) is 5.41 Å². The molecule has 1 amide bonds. The molecule has 224 valence electrons. The summed E-state index contributed by atoms with van der Waals surface area (Å²) in [7, 11) is -2.42. The number of amides is 1. The van der Waals surface area contributed by atoms with Gasteiger partial charge in [-0.25, -0.2) is 4.72 Å². The van der Waals surface area contributed by atoms with Gasteiger partial charge in [-0.15, -0.1) is 0 Å². The molecule has 0 bridgehead atoms. The number of carbonyl (C=O) groups excluding carboxylic acids is 1. The largest absolute Gasteiger partial charge is 0.497 e. The van der Waals surface area contributed by atoms with Crippen molar-refractivity contribution in [3.63, 3.8) is 0 Å². The van der Waals surface area contributed by atoms with Gasteiger partial charge in [-0.2, -0.15) is 12.7 Å². The zero-order valence-corrected chi connectivity index (χ0v) is 24.6. The topological polar surface area (TPSA) is 127 Å². The fraction of sp³-hybridized carbons (Fsp3) is 0.484. The van der Waals surface area contributed by atoms with Crippen LogP contribution in [0.1, 0.15) is 66.8 Å². The van der Waals surface area contributed by atoms with Gasteiger partial charge in [-0.1, -0.05) is 25.3 Å². The van der Waals surface area contributed by atoms with Crippen molar-refractivity contribution in [1.29, 1.82) is 0 Å². The van der Waals surface area contributed by atoms with Gasteiger partial charge in [0.1, 0.15) is 5.75 Å². The number of hydrogen-bond donors (Lipinski definition) is 2. The smallest absolute Gasteiger partial charge is 0.311 e. The van der Waals surface area contributed by atoms with Crippen LogP contribution in [0.15, 0.2) is 42.5 Å². The summed E-state index contributed by atoms with van der Waals surface area (Å²) in [4.78, 5) is 25.7. The van der Waals surface area contributed by atoms with E-state index in [1.807, 2.05) is 30.3 Å². The molecule has 1 saturated heterocycles. The molecule has 1 aromatic heterocycles. The molecule has 11 heteroatoms. The molecule has 0 radical (unpaired) electrons. The third-order valence-electron chi connectivity index (χ3n) is 9.04. The number of ether oxygens (including phenoxy) is 2. The number of morpholine rings is 1. The van der Waals surface area contributed by atoms with Gasteiger partial charge in [-0.3, -0.25) is 9.59 Å². The van der Waals surface area contributed by atoms with Crippen molar-refractivity contribution in [2.45, 2.75) is 57.4 Å². The van der Waals surface area contributed by atoms with E-state index < -0.39 is 27.5 Å². The van der Waals surface area contributed by atoms with E-state index in [4.69, 9.17) is 9.47 Å². The maximum Gasteiger partial charge on any atom is 0.311 e. The summed E-state index contributed by atoms with van der Waals surface area (Å²) in [5.74, 6) is -0.526. The minimum absolute atomic E-state index is 0.178. The average molecular weight is 596 g/mol. The van der Waals surface area contributed by atoms with Crippen molar-refractivity contribution in [3.8, 4) is 17.0 Å². The molecule has 42 heavy (non-hydrogen) atoms. The van der Waals surface area contributed by atoms with E-state index in [-0.39, 0.29) is 38.4 Å². The van der Waals surface area contributed by atoms with Crippen molar-refractivity contribution in [1.82, 2.24) is 13.6 Å². The highest BCUT2D eigenvalue weighted by molar-refractivity contribution is 7.87. The minimum atomic E-state index is -4.04. The molecule has 3 aliphatic rings. The zero-order valence-electron chi connectivity index (χ0n) is 23.8. The maximum absolute atomic E-state index is 13.3. The number of nitrogens with one attached hydrogen (secondary N) is 1. The highest BCUT2D eigenvalue weighted by atomic mass is 32.2. The Balaban J connectivity index is 1.49. The Morgan fingerprint density at radius 2 is 1.74 bits per heavy atom. The first kappa shape index (κ1) is 28.7. The number of methoxy groups -OCH3 is 1. The predicted octanol–water partition coefficient (Wildman–Crippen LogP) is 4.54. The van der Waals surface area contributed by atoms with Gasteiger partial charge >= 0.3 is 16.2 Å². The summed E-state index contributed by atoms with van der Waals surface area (Å²) in [5, 5.41) is 11.1. The van der Waals surface area contributed by atoms with Crippen LogP contribution in [0.5, 0.6) is 5.75 Å². The lowest BCUT2D eigenvalue weighted by molar-refractivity contribution is -0.143. The molecule has 2 N–H and O–H groups in total. The molecule has 1 aliphatic heterocycles. The Morgan fingerprint density at radius 3 is 2.36 bits per heavy atom. The van der Waals surface area contributed by atoms with E-state index in [0.29, 0.717) is 18.8 Å². The van der Waals surface area contributed by atoms with Gasteiger partial charge in [0.15, 0.2) is 0 Å². The molecular weight excluding hydrogens is 558 g/mol. The summed E-state index contributed by atoms with van der Waals surface area (Å²) < 4.78 is 42.0. The molecule has 6 rings (SSSR count). The lowest BCUT2D eigenvalue weighted by atomic mass is 9.81. The Labute approximate surface area is 245 Å². The second-order valence-electron chi connectivity index (χ2n) is 11.7. The third-order valence-corrected chi connectivity index (χ3v) is 10.5. The van der Waals surface area contributed by atoms with Crippen molar-refractivity contribution in [2.75, 3.05) is 33.4 Å². The van der Waals surface area contributed by atoms with Crippen LogP contribution in [0.25, 0.3) is 22.2 Å². The lowest BCUT2D eigenvalue weighted by Gasteiger charge is -2.25. The Kier molecular flexibility index (Phi) is 7.75. The quantitative estimate of drug-likeness (QED) is 0.372. The summed E-state index contributed by atoms with van der Waals surface area (Å²) in [6.45, 7) is 1.18. The number of carboxylic acid groups (broad SMARTS) is 1. The van der Waals surface area contributed by atoms with Gasteiger partial charge in [-0.05, 0) is 79.1 Å². The van der Waals surface area contributed by atoms with Crippen LogP contribution in [-0.4, -0.2) is 67.7 Å². The van der Waals surface area contributed by atoms with E-state index >= 15 is 0 Å². The van der Waals surface area contributed by atoms with E-state index in [1.165, 1.54) is 16.3 Å². The SMILES string of the molecule is COc1ccc(-c2c(C3CCCCC3)c3ccc(C(=O)NS(=O)(=O)N4CCOCC4)cc3n2CC2(C(=O)O)CC2)cc1. The normalized spacial score (nSPS) is 19.5. The van der Waals surface area contributed by atoms with E-state index in [2.05, 4.69) is 9.29 Å². The fourth-order valence-corrected chi connectivity index (χ4v) is 7.58. The van der Waals surface area contributed by atoms with Gasteiger partial charge in [0, 0.05) is 36.1 Å². The molecule has 2 heterocycles. The number of carboxylic acids is 1. The van der Waals surface area contributed by atoms with Crippen molar-refractivity contribution in [3.05, 3.63) is 53.6 Å². The van der Waals surface area contributed by atoms with Gasteiger partial charge in [0.05, 0.1) is 31.4 Å². The van der Waals surface area contributed by atoms with Gasteiger partial charge < -0.3 is 19.1 Å². The molecule has 0 unspecified atom stereocenters. The monoisotopic (exact) mass is 595 g/mol. The molecule has 0 atom stereocenters. The number of aliphatic carboxylic acids is 1. The Bertz CT molecular complexity index is 1600. The third kappa shape index (κ3) is 5.41. The molecule has 3 aromatic rings. The maximum atomic E-state index is 13.3. The Hall–Kier alpha value is -3.41. The summed E-state index contributed by atoms with van der Waals surface area (Å²) in [6, 6.07) is 13.1. The Morgan fingerprint density at radius 1 is 1.05 bits per heavy atom. The number of nitrogens with zero attached hydrogens (tertiary/aromatic N) is 2. The van der Waals surface area contributed by atoms with E-state index in [1.54, 1.807) is 19.2 Å². The van der Waals surface area contributed by atoms with Crippen LogP contribution in [0.4, 0.5) is 0 Å². The number of benzene rings is 2. The van der Waals surface area contributed by atoms with Crippen LogP contribution in [0.2, 0.25) is 0 Å². The molecule has 2 saturated carbocycles. The summed E-state index contributed by atoms with van der Waals surface area (Å²) in [5.41, 5.74) is 3.17. The van der Waals surface area contributed by atoms with Crippen LogP contribution < -0.4 is 9.46 Å². The molecule has 3 fully saturated rings. The first-order valence-electron chi connectivity index (χ1n) is 14.7. The molecule has 2 aliphatic carbocycles. The highest BCUT2D eigenvalue weighted by Gasteiger charge is 2.51. The first-order chi connectivity index (χ1) is 20.2. The van der Waals surface area contributed by atoms with Crippen LogP contribution in [-0.2, 0) is 26.3 Å². The fourth-order valence-electron chi connectivity index (χ4n) is 6.47. The second-order valence-corrected chi connectivity index (χ2v) is 13.3. The van der Waals surface area contributed by atoms with E-state index in [0.717, 1.165) is 53.6 Å². The van der Waals surface area contributed by atoms with Crippen molar-refractivity contribution >= 4 is 33.0 Å². The van der Waals surface area contributed by atoms with Crippen molar-refractivity contribution < 1.29 is 32.6 Å². The second kappa shape index (κ2) is 11.3.